The molecular weight excluding hydrogens is 512 g/mol. The molecule has 8 heteroatoms. The fraction of sp³-hybridized carbons (Fsp3) is 0.125. The monoisotopic (exact) mass is 532 g/mol. The topological polar surface area (TPSA) is 112 Å². The van der Waals surface area contributed by atoms with Crippen molar-refractivity contribution in [3.05, 3.63) is 56.8 Å². The Labute approximate surface area is 224 Å². The van der Waals surface area contributed by atoms with Crippen molar-refractivity contribution >= 4 is 75.4 Å². The standard InChI is InChI=1S/C32H20O8/c1-37-15-7-5-11-12-6-8-16(38-2)24-20(12)28-27-19(11)23(15)31(35)25-17(39-3)9-13(33)21(29(25)27)22-14(34)10-18(40-4)26(30(22)28)32(24)36/h5-10,35-36H,1-4H3. The van der Waals surface area contributed by atoms with Gasteiger partial charge in [0.2, 0.25) is 0 Å². The third-order valence-electron chi connectivity index (χ3n) is 8.46. The summed E-state index contributed by atoms with van der Waals surface area (Å²) in [4.78, 5) is 27.6. The number of phenols is 2. The number of rotatable bonds is 4. The molecular formula is C32H20O8. The summed E-state index contributed by atoms with van der Waals surface area (Å²) in [5.41, 5.74) is -0.872. The largest absolute Gasteiger partial charge is 0.506 e. The average Bonchev–Trinajstić information content (AvgIpc) is 2.97. The van der Waals surface area contributed by atoms with Crippen LogP contribution in [0.5, 0.6) is 34.5 Å². The molecule has 0 saturated heterocycles. The fourth-order valence-electron chi connectivity index (χ4n) is 7.00. The third-order valence-corrected chi connectivity index (χ3v) is 8.46. The maximum Gasteiger partial charge on any atom is 0.190 e. The minimum absolute atomic E-state index is 0.113. The van der Waals surface area contributed by atoms with Gasteiger partial charge in [0.25, 0.3) is 0 Å². The van der Waals surface area contributed by atoms with Crippen LogP contribution >= 0.6 is 0 Å². The first-order valence-corrected chi connectivity index (χ1v) is 12.5. The molecule has 0 atom stereocenters. The van der Waals surface area contributed by atoms with E-state index in [0.29, 0.717) is 65.4 Å². The van der Waals surface area contributed by atoms with E-state index in [4.69, 9.17) is 18.9 Å². The molecule has 40 heavy (non-hydrogen) atoms. The second kappa shape index (κ2) is 7.24. The van der Waals surface area contributed by atoms with Crippen LogP contribution in [0.15, 0.2) is 46.0 Å². The van der Waals surface area contributed by atoms with Crippen molar-refractivity contribution in [1.82, 2.24) is 0 Å². The van der Waals surface area contributed by atoms with Crippen LogP contribution in [0.1, 0.15) is 0 Å². The minimum Gasteiger partial charge on any atom is -0.506 e. The quantitative estimate of drug-likeness (QED) is 0.220. The van der Waals surface area contributed by atoms with E-state index in [-0.39, 0.29) is 33.8 Å². The molecule has 0 bridgehead atoms. The van der Waals surface area contributed by atoms with Crippen LogP contribution in [0.2, 0.25) is 0 Å². The highest BCUT2D eigenvalue weighted by Crippen LogP contribution is 2.58. The van der Waals surface area contributed by atoms with E-state index in [9.17, 15) is 19.8 Å². The van der Waals surface area contributed by atoms with Gasteiger partial charge in [-0.3, -0.25) is 9.59 Å². The lowest BCUT2D eigenvalue weighted by Crippen LogP contribution is -2.11. The van der Waals surface area contributed by atoms with E-state index in [1.807, 2.05) is 12.1 Å². The van der Waals surface area contributed by atoms with Gasteiger partial charge in [0.05, 0.1) is 50.0 Å². The van der Waals surface area contributed by atoms with Gasteiger partial charge in [-0.05, 0) is 22.9 Å². The molecule has 0 spiro atoms. The first kappa shape index (κ1) is 22.7. The molecule has 8 aromatic carbocycles. The Balaban J connectivity index is 1.96. The van der Waals surface area contributed by atoms with Gasteiger partial charge in [-0.15, -0.1) is 0 Å². The van der Waals surface area contributed by atoms with Crippen molar-refractivity contribution < 1.29 is 29.2 Å². The van der Waals surface area contributed by atoms with Gasteiger partial charge < -0.3 is 29.2 Å². The summed E-state index contributed by atoms with van der Waals surface area (Å²) in [5, 5.41) is 30.5. The highest BCUT2D eigenvalue weighted by atomic mass is 16.5. The Hall–Kier alpha value is -5.24. The van der Waals surface area contributed by atoms with Crippen LogP contribution in [0.25, 0.3) is 75.4 Å². The van der Waals surface area contributed by atoms with Crippen molar-refractivity contribution in [2.75, 3.05) is 28.4 Å². The lowest BCUT2D eigenvalue weighted by atomic mass is 9.79. The van der Waals surface area contributed by atoms with Gasteiger partial charge in [0, 0.05) is 55.2 Å². The summed E-state index contributed by atoms with van der Waals surface area (Å²) >= 11 is 0. The predicted octanol–water partition coefficient (Wildman–Crippen LogP) is 5.68. The molecule has 2 N–H and O–H groups in total. The molecule has 0 heterocycles. The van der Waals surface area contributed by atoms with E-state index in [1.165, 1.54) is 40.6 Å². The van der Waals surface area contributed by atoms with Crippen LogP contribution in [-0.2, 0) is 0 Å². The zero-order valence-electron chi connectivity index (χ0n) is 21.8. The number of phenolic OH excluding ortho intramolecular Hbond substituents is 2. The van der Waals surface area contributed by atoms with Crippen molar-refractivity contribution in [2.45, 2.75) is 0 Å². The molecule has 0 saturated carbocycles. The Morgan fingerprint density at radius 2 is 0.750 bits per heavy atom. The van der Waals surface area contributed by atoms with Crippen molar-refractivity contribution in [3.63, 3.8) is 0 Å². The third kappa shape index (κ3) is 2.27. The van der Waals surface area contributed by atoms with E-state index < -0.39 is 10.9 Å². The highest BCUT2D eigenvalue weighted by Gasteiger charge is 2.32. The van der Waals surface area contributed by atoms with E-state index in [2.05, 4.69) is 0 Å². The zero-order chi connectivity index (χ0) is 27.8. The number of fused-ring (bicyclic) bond motifs is 2. The van der Waals surface area contributed by atoms with Gasteiger partial charge in [-0.2, -0.15) is 0 Å². The van der Waals surface area contributed by atoms with Crippen LogP contribution < -0.4 is 29.8 Å². The van der Waals surface area contributed by atoms with E-state index in [0.717, 1.165) is 10.8 Å². The van der Waals surface area contributed by atoms with Crippen molar-refractivity contribution in [2.24, 2.45) is 0 Å². The molecule has 8 aromatic rings. The lowest BCUT2D eigenvalue weighted by molar-refractivity contribution is 0.412. The summed E-state index contributed by atoms with van der Waals surface area (Å²) in [6.45, 7) is 0. The molecule has 0 aliphatic carbocycles. The summed E-state index contributed by atoms with van der Waals surface area (Å²) in [6, 6.07) is 9.91. The first-order valence-electron chi connectivity index (χ1n) is 12.5. The molecule has 0 aliphatic heterocycles. The van der Waals surface area contributed by atoms with Gasteiger partial charge >= 0.3 is 0 Å². The van der Waals surface area contributed by atoms with Gasteiger partial charge in [-0.25, -0.2) is 0 Å². The second-order valence-corrected chi connectivity index (χ2v) is 9.98. The minimum atomic E-state index is -0.436. The number of benzene rings is 8. The maximum absolute atomic E-state index is 13.8. The molecule has 0 amide bonds. The fourth-order valence-corrected chi connectivity index (χ4v) is 7.00. The van der Waals surface area contributed by atoms with Crippen molar-refractivity contribution in [3.8, 4) is 34.5 Å². The molecule has 8 rings (SSSR count). The van der Waals surface area contributed by atoms with Gasteiger partial charge in [-0.1, -0.05) is 12.1 Å². The predicted molar refractivity (Wildman–Crippen MR) is 156 cm³/mol. The number of methoxy groups -OCH3 is 4. The SMILES string of the molecule is COc1ccc2c3ccc(OC)c4c(O)c5c(OC)cc(=O)c6c7c(=O)cc(OC)c8c(O)c1c2c(c87)c(c43)c56. The molecule has 0 unspecified atom stereocenters. The normalized spacial score (nSPS) is 12.4. The van der Waals surface area contributed by atoms with Crippen LogP contribution in [0.4, 0.5) is 0 Å². The zero-order valence-corrected chi connectivity index (χ0v) is 21.8. The Kier molecular flexibility index (Phi) is 4.11. The maximum atomic E-state index is 13.8. The molecule has 0 radical (unpaired) electrons. The first-order chi connectivity index (χ1) is 19.4. The molecule has 0 aliphatic rings. The van der Waals surface area contributed by atoms with Gasteiger partial charge in [0.1, 0.15) is 34.5 Å². The van der Waals surface area contributed by atoms with E-state index >= 15 is 0 Å². The smallest absolute Gasteiger partial charge is 0.190 e. The number of aromatic hydroxyl groups is 2. The molecule has 196 valence electrons. The van der Waals surface area contributed by atoms with Gasteiger partial charge in [0.15, 0.2) is 10.9 Å². The van der Waals surface area contributed by atoms with Crippen LogP contribution in [0.3, 0.4) is 0 Å². The second-order valence-electron chi connectivity index (χ2n) is 9.98. The molecule has 8 nitrogen and oxygen atoms in total. The number of ether oxygens (including phenoxy) is 4. The number of hydrogen-bond acceptors (Lipinski definition) is 8. The highest BCUT2D eigenvalue weighted by molar-refractivity contribution is 6.51. The lowest BCUT2D eigenvalue weighted by Gasteiger charge is -2.25. The van der Waals surface area contributed by atoms with Crippen molar-refractivity contribution in [1.29, 1.82) is 0 Å². The van der Waals surface area contributed by atoms with Crippen LogP contribution in [0, 0.1) is 0 Å². The summed E-state index contributed by atoms with van der Waals surface area (Å²) in [6.07, 6.45) is 0. The summed E-state index contributed by atoms with van der Waals surface area (Å²) in [7, 11) is 5.91. The Morgan fingerprint density at radius 1 is 0.425 bits per heavy atom. The summed E-state index contributed by atoms with van der Waals surface area (Å²) < 4.78 is 22.7. The van der Waals surface area contributed by atoms with E-state index in [1.54, 1.807) is 12.1 Å². The Morgan fingerprint density at radius 3 is 1.10 bits per heavy atom. The van der Waals surface area contributed by atoms with Crippen LogP contribution in [-0.4, -0.2) is 38.7 Å². The number of hydrogen-bond donors (Lipinski definition) is 2. The average molecular weight is 533 g/mol. The molecule has 0 aromatic heterocycles. The molecule has 0 fully saturated rings. The Bertz CT molecular complexity index is 2310. The summed E-state index contributed by atoms with van der Waals surface area (Å²) in [5.74, 6) is 1.01.